The molecule has 3 saturated heterocycles. The lowest BCUT2D eigenvalue weighted by Crippen LogP contribution is -2.74. The quantitative estimate of drug-likeness (QED) is 0.499. The molecule has 9 heteroatoms. The van der Waals surface area contributed by atoms with Crippen LogP contribution in [-0.2, 0) is 23.9 Å². The van der Waals surface area contributed by atoms with E-state index in [1.807, 2.05) is 0 Å². The van der Waals surface area contributed by atoms with E-state index in [2.05, 4.69) is 11.8 Å². The van der Waals surface area contributed by atoms with Gasteiger partial charge in [0.2, 0.25) is 0 Å². The molecule has 0 aromatic rings. The molecular weight excluding hydrogens is 454 g/mol. The van der Waals surface area contributed by atoms with Crippen molar-refractivity contribution in [1.82, 2.24) is 4.90 Å². The normalized spacial score (nSPS) is 51.0. The molecule has 6 aliphatic rings. The minimum absolute atomic E-state index is 0.0427. The first-order valence-electron chi connectivity index (χ1n) is 13.0. The summed E-state index contributed by atoms with van der Waals surface area (Å²) in [5.74, 6) is -3.23. The molecular formula is C26H35NO8. The van der Waals surface area contributed by atoms with Gasteiger partial charge in [-0.15, -0.1) is 0 Å². The molecule has 1 spiro atoms. The molecule has 3 aliphatic carbocycles. The number of carbonyl (C=O) groups is 3. The third-order valence-electron chi connectivity index (χ3n) is 10.6. The number of fused-ring (bicyclic) bond motifs is 2. The second kappa shape index (κ2) is 7.52. The van der Waals surface area contributed by atoms with Gasteiger partial charge >= 0.3 is 17.9 Å². The number of hydrogen-bond acceptors (Lipinski definition) is 8. The Balaban J connectivity index is 1.61. The number of carbonyl (C=O) groups excluding carboxylic acids is 2. The number of piperidine rings is 2. The van der Waals surface area contributed by atoms with Gasteiger partial charge in [-0.05, 0) is 63.2 Å². The Labute approximate surface area is 204 Å². The Morgan fingerprint density at radius 2 is 1.83 bits per heavy atom. The highest BCUT2D eigenvalue weighted by atomic mass is 16.6. The Hall–Kier alpha value is -1.97. The first-order chi connectivity index (χ1) is 16.6. The van der Waals surface area contributed by atoms with Crippen molar-refractivity contribution in [3.8, 4) is 0 Å². The van der Waals surface area contributed by atoms with Crippen molar-refractivity contribution < 1.29 is 39.2 Å². The predicted octanol–water partition coefficient (Wildman–Crippen LogP) is 1.26. The van der Waals surface area contributed by atoms with Crippen molar-refractivity contribution >= 4 is 17.9 Å². The number of hydrogen-bond donors (Lipinski definition) is 3. The van der Waals surface area contributed by atoms with Crippen LogP contribution < -0.4 is 0 Å². The third-order valence-corrected chi connectivity index (χ3v) is 10.6. The average molecular weight is 490 g/mol. The fourth-order valence-electron chi connectivity index (χ4n) is 10.0. The fourth-order valence-corrected chi connectivity index (χ4v) is 10.0. The van der Waals surface area contributed by atoms with Gasteiger partial charge < -0.3 is 24.8 Å². The van der Waals surface area contributed by atoms with E-state index in [1.165, 1.54) is 14.0 Å². The van der Waals surface area contributed by atoms with Crippen molar-refractivity contribution in [3.05, 3.63) is 11.1 Å². The van der Waals surface area contributed by atoms with Crippen LogP contribution in [0.1, 0.15) is 58.8 Å². The van der Waals surface area contributed by atoms with Gasteiger partial charge in [-0.1, -0.05) is 0 Å². The van der Waals surface area contributed by atoms with Gasteiger partial charge in [0.25, 0.3) is 0 Å². The Bertz CT molecular complexity index is 1020. The predicted molar refractivity (Wildman–Crippen MR) is 121 cm³/mol. The molecule has 3 aliphatic heterocycles. The molecule has 192 valence electrons. The van der Waals surface area contributed by atoms with Crippen molar-refractivity contribution in [2.24, 2.45) is 29.6 Å². The number of aliphatic carboxylic acids is 1. The summed E-state index contributed by atoms with van der Waals surface area (Å²) in [5, 5.41) is 32.6. The highest BCUT2D eigenvalue weighted by Crippen LogP contribution is 2.76. The van der Waals surface area contributed by atoms with Crippen LogP contribution in [0.2, 0.25) is 0 Å². The number of carboxylic acids is 1. The van der Waals surface area contributed by atoms with Crippen LogP contribution in [0.5, 0.6) is 0 Å². The van der Waals surface area contributed by atoms with Crippen molar-refractivity contribution in [3.63, 3.8) is 0 Å². The second-order valence-electron chi connectivity index (χ2n) is 11.8. The lowest BCUT2D eigenvalue weighted by atomic mass is 9.51. The van der Waals surface area contributed by atoms with Gasteiger partial charge in [0, 0.05) is 36.4 Å². The molecule has 3 heterocycles. The van der Waals surface area contributed by atoms with E-state index in [0.717, 1.165) is 24.8 Å². The average Bonchev–Trinajstić information content (AvgIpc) is 3.19. The molecule has 2 saturated carbocycles. The molecule has 12 unspecified atom stereocenters. The topological polar surface area (TPSA) is 134 Å². The number of nitrogens with zero attached hydrogens (tertiary/aromatic N) is 1. The number of aliphatic hydroxyl groups excluding tert-OH is 2. The maximum atomic E-state index is 13.4. The van der Waals surface area contributed by atoms with Crippen LogP contribution in [0, 0.1) is 29.6 Å². The molecule has 0 radical (unpaired) electrons. The van der Waals surface area contributed by atoms with Crippen molar-refractivity contribution in [2.45, 2.75) is 94.2 Å². The van der Waals surface area contributed by atoms with E-state index < -0.39 is 53.1 Å². The van der Waals surface area contributed by atoms with Crippen LogP contribution in [0.4, 0.5) is 0 Å². The minimum Gasteiger partial charge on any atom is -0.481 e. The standard InChI is InChI=1S/C26H35NO8/c1-11-4-6-15-17-9-14-10-25(15,35-12(2)28)23-20(24(33)34-3)22(32)19-16(26(14,23)27(11)17)7-5-13(21(19)31)8-18(29)30/h11,13-17,19,21-22,31-32H,4-10H2,1-3H3,(H,29,30). The zero-order valence-corrected chi connectivity index (χ0v) is 20.5. The third kappa shape index (κ3) is 2.67. The number of carboxylic acid groups (broad SMARTS) is 1. The summed E-state index contributed by atoms with van der Waals surface area (Å²) < 4.78 is 11.4. The molecule has 3 N–H and O–H groups in total. The smallest absolute Gasteiger partial charge is 0.336 e. The monoisotopic (exact) mass is 489 g/mol. The van der Waals surface area contributed by atoms with Crippen molar-refractivity contribution in [2.75, 3.05) is 7.11 Å². The molecule has 5 fully saturated rings. The lowest BCUT2D eigenvalue weighted by Gasteiger charge is -2.65. The fraction of sp³-hybridized carbons (Fsp3) is 0.808. The molecule has 12 atom stereocenters. The molecule has 6 rings (SSSR count). The number of ether oxygens (including phenoxy) is 2. The number of aliphatic hydroxyl groups is 2. The molecule has 35 heavy (non-hydrogen) atoms. The molecule has 0 aromatic heterocycles. The van der Waals surface area contributed by atoms with Crippen LogP contribution in [0.3, 0.4) is 0 Å². The maximum Gasteiger partial charge on any atom is 0.336 e. The maximum absolute atomic E-state index is 13.4. The minimum atomic E-state index is -1.32. The van der Waals surface area contributed by atoms with E-state index >= 15 is 0 Å². The van der Waals surface area contributed by atoms with Gasteiger partial charge in [0.15, 0.2) is 0 Å². The van der Waals surface area contributed by atoms with Gasteiger partial charge in [0.1, 0.15) is 5.60 Å². The zero-order valence-electron chi connectivity index (χ0n) is 20.5. The van der Waals surface area contributed by atoms with E-state index in [4.69, 9.17) is 9.47 Å². The zero-order chi connectivity index (χ0) is 25.0. The van der Waals surface area contributed by atoms with Crippen LogP contribution in [0.15, 0.2) is 11.1 Å². The number of rotatable bonds is 4. The summed E-state index contributed by atoms with van der Waals surface area (Å²) in [5.41, 5.74) is -0.718. The van der Waals surface area contributed by atoms with Gasteiger partial charge in [-0.25, -0.2) is 4.79 Å². The number of methoxy groups -OCH3 is 1. The SMILES string of the molecule is COC(=O)C1=C2C3(OC(C)=O)CC4CC5C3CCC(C)N5C24C2CCC(CC(=O)O)C(O)C2C1O. The molecule has 0 aromatic carbocycles. The van der Waals surface area contributed by atoms with Crippen LogP contribution >= 0.6 is 0 Å². The summed E-state index contributed by atoms with van der Waals surface area (Å²) >= 11 is 0. The highest BCUT2D eigenvalue weighted by Gasteiger charge is 2.82. The Morgan fingerprint density at radius 3 is 2.49 bits per heavy atom. The lowest BCUT2D eigenvalue weighted by molar-refractivity contribution is -0.187. The van der Waals surface area contributed by atoms with E-state index in [-0.39, 0.29) is 41.8 Å². The largest absolute Gasteiger partial charge is 0.481 e. The van der Waals surface area contributed by atoms with Crippen molar-refractivity contribution in [1.29, 1.82) is 0 Å². The van der Waals surface area contributed by atoms with Gasteiger partial charge in [0.05, 0.1) is 36.9 Å². The first-order valence-corrected chi connectivity index (χ1v) is 13.0. The summed E-state index contributed by atoms with van der Waals surface area (Å²) in [4.78, 5) is 39.9. The molecule has 5 bridgehead atoms. The Morgan fingerprint density at radius 1 is 1.11 bits per heavy atom. The van der Waals surface area contributed by atoms with E-state index in [0.29, 0.717) is 19.3 Å². The molecule has 0 amide bonds. The van der Waals surface area contributed by atoms with E-state index in [9.17, 15) is 29.7 Å². The highest BCUT2D eigenvalue weighted by molar-refractivity contribution is 5.93. The molecule has 9 nitrogen and oxygen atoms in total. The van der Waals surface area contributed by atoms with E-state index in [1.54, 1.807) is 0 Å². The number of esters is 2. The van der Waals surface area contributed by atoms with Crippen LogP contribution in [-0.4, -0.2) is 80.7 Å². The summed E-state index contributed by atoms with van der Waals surface area (Å²) in [7, 11) is 1.28. The van der Waals surface area contributed by atoms with Crippen LogP contribution in [0.25, 0.3) is 0 Å². The summed E-state index contributed by atoms with van der Waals surface area (Å²) in [6.07, 6.45) is 1.99. The Kier molecular flexibility index (Phi) is 5.04. The van der Waals surface area contributed by atoms with Gasteiger partial charge in [-0.3, -0.25) is 14.5 Å². The first kappa shape index (κ1) is 23.4. The summed E-state index contributed by atoms with van der Waals surface area (Å²) in [6, 6.07) is 0.456. The summed E-state index contributed by atoms with van der Waals surface area (Å²) in [6.45, 7) is 3.61. The van der Waals surface area contributed by atoms with Gasteiger partial charge in [-0.2, -0.15) is 0 Å². The second-order valence-corrected chi connectivity index (χ2v) is 11.8.